The van der Waals surface area contributed by atoms with Crippen LogP contribution in [0.15, 0.2) is 60.9 Å². The molecule has 0 radical (unpaired) electrons. The van der Waals surface area contributed by atoms with Crippen LogP contribution in [0.1, 0.15) is 16.7 Å². The summed E-state index contributed by atoms with van der Waals surface area (Å²) < 4.78 is 0. The van der Waals surface area contributed by atoms with Crippen molar-refractivity contribution < 1.29 is 4.92 Å². The molecule has 1 fully saturated rings. The molecule has 30 heavy (non-hydrogen) atoms. The van der Waals surface area contributed by atoms with Gasteiger partial charge in [-0.15, -0.1) is 0 Å². The van der Waals surface area contributed by atoms with E-state index in [0.29, 0.717) is 11.6 Å². The van der Waals surface area contributed by atoms with E-state index in [1.54, 1.807) is 12.1 Å². The summed E-state index contributed by atoms with van der Waals surface area (Å²) in [7, 11) is 0. The quantitative estimate of drug-likeness (QED) is 0.441. The molecule has 0 atom stereocenters. The second-order valence-electron chi connectivity index (χ2n) is 7.35. The lowest BCUT2D eigenvalue weighted by Gasteiger charge is -2.34. The Morgan fingerprint density at radius 3 is 2.33 bits per heavy atom. The Morgan fingerprint density at radius 1 is 0.967 bits per heavy atom. The van der Waals surface area contributed by atoms with E-state index >= 15 is 0 Å². The van der Waals surface area contributed by atoms with Gasteiger partial charge in [-0.2, -0.15) is 0 Å². The smallest absolute Gasteiger partial charge is 0.269 e. The van der Waals surface area contributed by atoms with Crippen LogP contribution in [0.2, 0.25) is 5.02 Å². The van der Waals surface area contributed by atoms with E-state index < -0.39 is 4.92 Å². The van der Waals surface area contributed by atoms with Crippen molar-refractivity contribution in [2.45, 2.75) is 13.0 Å². The average Bonchev–Trinajstić information content (AvgIpc) is 2.77. The third-order valence-electron chi connectivity index (χ3n) is 5.23. The highest BCUT2D eigenvalue weighted by Gasteiger charge is 2.20. The van der Waals surface area contributed by atoms with E-state index in [4.69, 9.17) is 11.6 Å². The number of halogens is 1. The molecule has 3 aromatic rings. The van der Waals surface area contributed by atoms with E-state index in [1.807, 2.05) is 30.6 Å². The lowest BCUT2D eigenvalue weighted by molar-refractivity contribution is -0.384. The number of anilines is 1. The Labute approximate surface area is 180 Å². The first-order chi connectivity index (χ1) is 14.6. The zero-order chi connectivity index (χ0) is 20.9. The van der Waals surface area contributed by atoms with Gasteiger partial charge in [-0.3, -0.25) is 15.0 Å². The molecular formula is C22H22ClN5O2. The molecular weight excluding hydrogens is 402 g/mol. The van der Waals surface area contributed by atoms with Crippen LogP contribution in [0.25, 0.3) is 0 Å². The summed E-state index contributed by atoms with van der Waals surface area (Å²) in [4.78, 5) is 24.1. The lowest BCUT2D eigenvalue weighted by atomic mass is 10.1. The highest BCUT2D eigenvalue weighted by molar-refractivity contribution is 6.31. The van der Waals surface area contributed by atoms with Gasteiger partial charge in [0.15, 0.2) is 0 Å². The predicted molar refractivity (Wildman–Crippen MR) is 117 cm³/mol. The fraction of sp³-hybridized carbons (Fsp3) is 0.273. The molecule has 0 N–H and O–H groups in total. The maximum atomic E-state index is 11.0. The minimum Gasteiger partial charge on any atom is -0.338 e. The maximum Gasteiger partial charge on any atom is 0.269 e. The van der Waals surface area contributed by atoms with Gasteiger partial charge < -0.3 is 4.90 Å². The summed E-state index contributed by atoms with van der Waals surface area (Å²) in [6.07, 6.45) is 4.61. The van der Waals surface area contributed by atoms with E-state index in [0.717, 1.165) is 49.7 Å². The van der Waals surface area contributed by atoms with E-state index in [9.17, 15) is 10.1 Å². The van der Waals surface area contributed by atoms with Crippen LogP contribution in [0.5, 0.6) is 0 Å². The van der Waals surface area contributed by atoms with Gasteiger partial charge in [-0.25, -0.2) is 9.97 Å². The maximum absolute atomic E-state index is 11.0. The number of nitro groups is 1. The Balaban J connectivity index is 1.33. The van der Waals surface area contributed by atoms with Crippen molar-refractivity contribution in [3.05, 3.63) is 92.8 Å². The summed E-state index contributed by atoms with van der Waals surface area (Å²) >= 11 is 6.24. The van der Waals surface area contributed by atoms with Crippen LogP contribution >= 0.6 is 11.6 Å². The second-order valence-corrected chi connectivity index (χ2v) is 7.76. The van der Waals surface area contributed by atoms with Gasteiger partial charge in [-0.1, -0.05) is 41.9 Å². The number of non-ortho nitro benzene ring substituents is 1. The van der Waals surface area contributed by atoms with E-state index in [2.05, 4.69) is 31.9 Å². The first kappa shape index (κ1) is 20.3. The molecule has 0 bridgehead atoms. The van der Waals surface area contributed by atoms with Crippen molar-refractivity contribution in [1.29, 1.82) is 0 Å². The molecule has 1 aliphatic heterocycles. The molecule has 4 rings (SSSR count). The standard InChI is InChI=1S/C22H22ClN5O2/c23-21-7-6-20(28(29)30)13-19(21)16-26-8-10-27(11-9-26)22-24-14-18(15-25-22)12-17-4-2-1-3-5-17/h1-7,13-15H,8-12,16H2. The first-order valence-electron chi connectivity index (χ1n) is 9.83. The molecule has 7 nitrogen and oxygen atoms in total. The summed E-state index contributed by atoms with van der Waals surface area (Å²) in [6.45, 7) is 3.81. The van der Waals surface area contributed by atoms with Gasteiger partial charge in [0.25, 0.3) is 5.69 Å². The molecule has 0 unspecified atom stereocenters. The Bertz CT molecular complexity index is 1010. The van der Waals surface area contributed by atoms with Crippen molar-refractivity contribution in [3.63, 3.8) is 0 Å². The van der Waals surface area contributed by atoms with Crippen molar-refractivity contribution in [2.75, 3.05) is 31.1 Å². The lowest BCUT2D eigenvalue weighted by Crippen LogP contribution is -2.46. The third-order valence-corrected chi connectivity index (χ3v) is 5.60. The van der Waals surface area contributed by atoms with Gasteiger partial charge in [0.05, 0.1) is 4.92 Å². The molecule has 8 heteroatoms. The molecule has 0 spiro atoms. The average molecular weight is 424 g/mol. The predicted octanol–water partition coefficient (Wildman–Crippen LogP) is 3.95. The highest BCUT2D eigenvalue weighted by Crippen LogP contribution is 2.24. The zero-order valence-electron chi connectivity index (χ0n) is 16.4. The summed E-state index contributed by atoms with van der Waals surface area (Å²) in [6, 6.07) is 14.9. The van der Waals surface area contributed by atoms with Gasteiger partial charge in [-0.05, 0) is 22.8 Å². The van der Waals surface area contributed by atoms with Crippen LogP contribution < -0.4 is 4.90 Å². The number of rotatable bonds is 6. The SMILES string of the molecule is O=[N+]([O-])c1ccc(Cl)c(CN2CCN(c3ncc(Cc4ccccc4)cn3)CC2)c1. The number of hydrogen-bond donors (Lipinski definition) is 0. The fourth-order valence-corrected chi connectivity index (χ4v) is 3.75. The number of benzene rings is 2. The number of nitrogens with zero attached hydrogens (tertiary/aromatic N) is 5. The molecule has 1 aromatic heterocycles. The number of aromatic nitrogens is 2. The monoisotopic (exact) mass is 423 g/mol. The fourth-order valence-electron chi connectivity index (χ4n) is 3.58. The zero-order valence-corrected chi connectivity index (χ0v) is 17.2. The number of nitro benzene ring substituents is 1. The van der Waals surface area contributed by atoms with Crippen molar-refractivity contribution in [3.8, 4) is 0 Å². The first-order valence-corrected chi connectivity index (χ1v) is 10.2. The molecule has 0 amide bonds. The van der Waals surface area contributed by atoms with Gasteiger partial charge in [0.2, 0.25) is 5.95 Å². The Kier molecular flexibility index (Phi) is 6.21. The normalized spacial score (nSPS) is 14.6. The molecule has 0 saturated carbocycles. The van der Waals surface area contributed by atoms with Crippen LogP contribution in [0.4, 0.5) is 11.6 Å². The van der Waals surface area contributed by atoms with Crippen molar-refractivity contribution >= 4 is 23.2 Å². The van der Waals surface area contributed by atoms with Gasteiger partial charge in [0, 0.05) is 68.7 Å². The van der Waals surface area contributed by atoms with Crippen LogP contribution in [-0.2, 0) is 13.0 Å². The molecule has 1 aliphatic rings. The summed E-state index contributed by atoms with van der Waals surface area (Å²) in [5.41, 5.74) is 3.17. The van der Waals surface area contributed by atoms with Crippen molar-refractivity contribution in [2.24, 2.45) is 0 Å². The molecule has 2 heterocycles. The summed E-state index contributed by atoms with van der Waals surface area (Å²) in [5.74, 6) is 0.736. The van der Waals surface area contributed by atoms with E-state index in [-0.39, 0.29) is 5.69 Å². The van der Waals surface area contributed by atoms with Gasteiger partial charge >= 0.3 is 0 Å². The molecule has 2 aromatic carbocycles. The minimum absolute atomic E-state index is 0.0667. The third kappa shape index (κ3) is 4.93. The van der Waals surface area contributed by atoms with E-state index in [1.165, 1.54) is 11.6 Å². The Morgan fingerprint density at radius 2 is 1.67 bits per heavy atom. The van der Waals surface area contributed by atoms with Crippen LogP contribution in [0.3, 0.4) is 0 Å². The topological polar surface area (TPSA) is 75.4 Å². The Hall–Kier alpha value is -3.03. The molecule has 0 aliphatic carbocycles. The minimum atomic E-state index is -0.392. The second kappa shape index (κ2) is 9.19. The van der Waals surface area contributed by atoms with Crippen molar-refractivity contribution in [1.82, 2.24) is 14.9 Å². The van der Waals surface area contributed by atoms with Crippen LogP contribution in [-0.4, -0.2) is 46.0 Å². The number of piperazine rings is 1. The van der Waals surface area contributed by atoms with Gasteiger partial charge in [0.1, 0.15) is 0 Å². The van der Waals surface area contributed by atoms with Crippen LogP contribution in [0, 0.1) is 10.1 Å². The largest absolute Gasteiger partial charge is 0.338 e. The summed E-state index contributed by atoms with van der Waals surface area (Å²) in [5, 5.41) is 11.6. The highest BCUT2D eigenvalue weighted by atomic mass is 35.5. The molecule has 1 saturated heterocycles. The molecule has 154 valence electrons. The number of hydrogen-bond acceptors (Lipinski definition) is 6.